The van der Waals surface area contributed by atoms with Crippen LogP contribution >= 0.6 is 0 Å². The molecule has 1 saturated heterocycles. The van der Waals surface area contributed by atoms with E-state index in [0.29, 0.717) is 0 Å². The number of benzene rings is 1. The molecule has 1 aromatic carbocycles. The molecule has 2 N–H and O–H groups in total. The van der Waals surface area contributed by atoms with Gasteiger partial charge < -0.3 is 20.1 Å². The quantitative estimate of drug-likeness (QED) is 0.847. The number of piperazine rings is 1. The predicted octanol–water partition coefficient (Wildman–Crippen LogP) is 1.24. The van der Waals surface area contributed by atoms with Crippen molar-refractivity contribution < 1.29 is 9.84 Å². The fourth-order valence-corrected chi connectivity index (χ4v) is 2.38. The zero-order valence-electron chi connectivity index (χ0n) is 11.3. The first-order valence-electron chi connectivity index (χ1n) is 6.33. The Morgan fingerprint density at radius 3 is 2.94 bits per heavy atom. The summed E-state index contributed by atoms with van der Waals surface area (Å²) in [5.41, 5.74) is 1.16. The van der Waals surface area contributed by atoms with E-state index in [-0.39, 0.29) is 18.2 Å². The van der Waals surface area contributed by atoms with Gasteiger partial charge in [-0.15, -0.1) is 0 Å². The summed E-state index contributed by atoms with van der Waals surface area (Å²) in [4.78, 5) is 2.33. The zero-order chi connectivity index (χ0) is 13.2. The van der Waals surface area contributed by atoms with Crippen molar-refractivity contribution in [3.63, 3.8) is 0 Å². The third kappa shape index (κ3) is 2.60. The number of ether oxygens (including phenoxy) is 1. The van der Waals surface area contributed by atoms with Crippen molar-refractivity contribution in [1.29, 1.82) is 0 Å². The van der Waals surface area contributed by atoms with Crippen LogP contribution in [0.2, 0.25) is 0 Å². The van der Waals surface area contributed by atoms with E-state index < -0.39 is 0 Å². The second kappa shape index (κ2) is 5.16. The smallest absolute Gasteiger partial charge is 0.120 e. The summed E-state index contributed by atoms with van der Waals surface area (Å²) >= 11 is 0. The molecule has 18 heavy (non-hydrogen) atoms. The van der Waals surface area contributed by atoms with Crippen molar-refractivity contribution >= 4 is 5.69 Å². The van der Waals surface area contributed by atoms with Gasteiger partial charge in [-0.1, -0.05) is 6.07 Å². The van der Waals surface area contributed by atoms with E-state index in [0.717, 1.165) is 24.5 Å². The molecular formula is C14H22N2O2. The van der Waals surface area contributed by atoms with E-state index in [4.69, 9.17) is 4.74 Å². The van der Waals surface area contributed by atoms with Crippen LogP contribution < -0.4 is 15.0 Å². The van der Waals surface area contributed by atoms with Gasteiger partial charge >= 0.3 is 0 Å². The summed E-state index contributed by atoms with van der Waals surface area (Å²) in [6, 6.07) is 8.21. The minimum absolute atomic E-state index is 0.0258. The van der Waals surface area contributed by atoms with E-state index >= 15 is 0 Å². The lowest BCUT2D eigenvalue weighted by atomic mass is 9.96. The number of nitrogens with zero attached hydrogens (tertiary/aromatic N) is 1. The summed E-state index contributed by atoms with van der Waals surface area (Å²) in [5.74, 6) is 0.863. The van der Waals surface area contributed by atoms with E-state index in [1.54, 1.807) is 7.11 Å². The topological polar surface area (TPSA) is 44.7 Å². The van der Waals surface area contributed by atoms with Gasteiger partial charge in [0.25, 0.3) is 0 Å². The van der Waals surface area contributed by atoms with Crippen LogP contribution in [0.25, 0.3) is 0 Å². The van der Waals surface area contributed by atoms with Crippen molar-refractivity contribution in [2.45, 2.75) is 25.4 Å². The maximum absolute atomic E-state index is 9.31. The second-order valence-electron chi connectivity index (χ2n) is 5.38. The molecule has 4 heteroatoms. The molecule has 4 nitrogen and oxygen atoms in total. The average molecular weight is 250 g/mol. The molecule has 0 aliphatic carbocycles. The molecule has 1 fully saturated rings. The molecular weight excluding hydrogens is 228 g/mol. The Hall–Kier alpha value is -1.26. The van der Waals surface area contributed by atoms with Crippen LogP contribution in [-0.4, -0.2) is 43.5 Å². The van der Waals surface area contributed by atoms with Crippen molar-refractivity contribution in [3.05, 3.63) is 24.3 Å². The van der Waals surface area contributed by atoms with Crippen LogP contribution in [0.3, 0.4) is 0 Å². The minimum atomic E-state index is 0.0258. The van der Waals surface area contributed by atoms with E-state index in [2.05, 4.69) is 30.1 Å². The molecule has 1 unspecified atom stereocenters. The van der Waals surface area contributed by atoms with Gasteiger partial charge in [0, 0.05) is 36.4 Å². The number of aliphatic hydroxyl groups excluding tert-OH is 1. The molecule has 1 aliphatic heterocycles. The molecule has 1 heterocycles. The number of methoxy groups -OCH3 is 1. The standard InChI is InChI=1S/C14H22N2O2/c1-14(2)10-15-11(9-17)8-16(14)12-5-4-6-13(7-12)18-3/h4-7,11,15,17H,8-10H2,1-3H3. The Morgan fingerprint density at radius 2 is 2.28 bits per heavy atom. The minimum Gasteiger partial charge on any atom is -0.497 e. The first kappa shape index (κ1) is 13.2. The molecule has 0 saturated carbocycles. The van der Waals surface area contributed by atoms with Gasteiger partial charge in [0.15, 0.2) is 0 Å². The highest BCUT2D eigenvalue weighted by molar-refractivity contribution is 5.53. The lowest BCUT2D eigenvalue weighted by Crippen LogP contribution is -2.63. The Balaban J connectivity index is 2.27. The fraction of sp³-hybridized carbons (Fsp3) is 0.571. The molecule has 2 rings (SSSR count). The van der Waals surface area contributed by atoms with Crippen molar-refractivity contribution in [1.82, 2.24) is 5.32 Å². The summed E-state index contributed by atoms with van der Waals surface area (Å²) < 4.78 is 5.28. The molecule has 0 spiro atoms. The molecule has 0 aromatic heterocycles. The van der Waals surface area contributed by atoms with Gasteiger partial charge in [-0.3, -0.25) is 0 Å². The Bertz CT molecular complexity index is 407. The lowest BCUT2D eigenvalue weighted by Gasteiger charge is -2.47. The number of aliphatic hydroxyl groups is 1. The number of nitrogens with one attached hydrogen (secondary N) is 1. The van der Waals surface area contributed by atoms with Gasteiger partial charge in [0.2, 0.25) is 0 Å². The normalized spacial score (nSPS) is 22.9. The van der Waals surface area contributed by atoms with Crippen molar-refractivity contribution in [3.8, 4) is 5.75 Å². The molecule has 0 radical (unpaired) electrons. The summed E-state index contributed by atoms with van der Waals surface area (Å²) in [6.07, 6.45) is 0. The van der Waals surface area contributed by atoms with Crippen molar-refractivity contribution in [2.24, 2.45) is 0 Å². The number of hydrogen-bond donors (Lipinski definition) is 2. The molecule has 0 amide bonds. The monoisotopic (exact) mass is 250 g/mol. The molecule has 0 bridgehead atoms. The molecule has 1 aliphatic rings. The van der Waals surface area contributed by atoms with Gasteiger partial charge in [-0.05, 0) is 26.0 Å². The van der Waals surface area contributed by atoms with Gasteiger partial charge in [-0.2, -0.15) is 0 Å². The Labute approximate surface area is 109 Å². The Kier molecular flexibility index (Phi) is 3.78. The molecule has 1 aromatic rings. The van der Waals surface area contributed by atoms with Crippen LogP contribution in [0.5, 0.6) is 5.75 Å². The Morgan fingerprint density at radius 1 is 1.50 bits per heavy atom. The first-order valence-corrected chi connectivity index (χ1v) is 6.33. The maximum atomic E-state index is 9.31. The third-order valence-corrected chi connectivity index (χ3v) is 3.54. The van der Waals surface area contributed by atoms with Gasteiger partial charge in [0.1, 0.15) is 5.75 Å². The van der Waals surface area contributed by atoms with Crippen LogP contribution in [0.1, 0.15) is 13.8 Å². The summed E-state index contributed by atoms with van der Waals surface area (Å²) in [5, 5.41) is 12.7. The maximum Gasteiger partial charge on any atom is 0.120 e. The van der Waals surface area contributed by atoms with Gasteiger partial charge in [0.05, 0.1) is 13.7 Å². The second-order valence-corrected chi connectivity index (χ2v) is 5.38. The summed E-state index contributed by atoms with van der Waals surface area (Å²) in [6.45, 7) is 6.22. The zero-order valence-corrected chi connectivity index (χ0v) is 11.3. The SMILES string of the molecule is COc1cccc(N2CC(CO)NCC2(C)C)c1. The molecule has 1 atom stereocenters. The predicted molar refractivity (Wildman–Crippen MR) is 73.3 cm³/mol. The highest BCUT2D eigenvalue weighted by atomic mass is 16.5. The number of hydrogen-bond acceptors (Lipinski definition) is 4. The summed E-state index contributed by atoms with van der Waals surface area (Å²) in [7, 11) is 1.68. The van der Waals surface area contributed by atoms with Crippen molar-refractivity contribution in [2.75, 3.05) is 31.7 Å². The largest absolute Gasteiger partial charge is 0.497 e. The van der Waals surface area contributed by atoms with Gasteiger partial charge in [-0.25, -0.2) is 0 Å². The third-order valence-electron chi connectivity index (χ3n) is 3.54. The van der Waals surface area contributed by atoms with Crippen LogP contribution in [0.15, 0.2) is 24.3 Å². The van der Waals surface area contributed by atoms with Crippen LogP contribution in [-0.2, 0) is 0 Å². The fourth-order valence-electron chi connectivity index (χ4n) is 2.38. The van der Waals surface area contributed by atoms with Crippen LogP contribution in [0.4, 0.5) is 5.69 Å². The van der Waals surface area contributed by atoms with Crippen LogP contribution in [0, 0.1) is 0 Å². The number of anilines is 1. The van der Waals surface area contributed by atoms with E-state index in [9.17, 15) is 5.11 Å². The number of rotatable bonds is 3. The first-order chi connectivity index (χ1) is 8.56. The average Bonchev–Trinajstić information content (AvgIpc) is 2.38. The highest BCUT2D eigenvalue weighted by Gasteiger charge is 2.33. The molecule has 100 valence electrons. The van der Waals surface area contributed by atoms with E-state index in [1.165, 1.54) is 0 Å². The van der Waals surface area contributed by atoms with E-state index in [1.807, 2.05) is 18.2 Å². The lowest BCUT2D eigenvalue weighted by molar-refractivity contribution is 0.210. The highest BCUT2D eigenvalue weighted by Crippen LogP contribution is 2.29.